The van der Waals surface area contributed by atoms with Crippen LogP contribution in [0.4, 0.5) is 0 Å². The predicted molar refractivity (Wildman–Crippen MR) is 69.8 cm³/mol. The number of hydrogen-bond donors (Lipinski definition) is 1. The zero-order valence-electron chi connectivity index (χ0n) is 10.5. The molecule has 0 aliphatic heterocycles. The minimum atomic E-state index is -0.939. The van der Waals surface area contributed by atoms with Gasteiger partial charge in [0, 0.05) is 18.3 Å². The maximum atomic E-state index is 10.7. The Morgan fingerprint density at radius 1 is 1.47 bits per heavy atom. The summed E-state index contributed by atoms with van der Waals surface area (Å²) in [6.07, 6.45) is 3.26. The predicted octanol–water partition coefficient (Wildman–Crippen LogP) is 2.51. The first-order valence-corrected chi connectivity index (χ1v) is 6.95. The van der Waals surface area contributed by atoms with Gasteiger partial charge in [-0.3, -0.25) is 0 Å². The fourth-order valence-electron chi connectivity index (χ4n) is 1.59. The normalized spacial score (nSPS) is 11.0. The van der Waals surface area contributed by atoms with Crippen molar-refractivity contribution in [3.05, 3.63) is 16.1 Å². The van der Waals surface area contributed by atoms with Gasteiger partial charge in [-0.25, -0.2) is 9.78 Å². The quantitative estimate of drug-likeness (QED) is 0.776. The van der Waals surface area contributed by atoms with E-state index in [1.54, 1.807) is 5.38 Å². The van der Waals surface area contributed by atoms with E-state index in [2.05, 4.69) is 23.7 Å². The third-order valence-electron chi connectivity index (χ3n) is 2.69. The number of likely N-dealkylation sites (N-methyl/N-ethyl adjacent to an activating group) is 1. The van der Waals surface area contributed by atoms with Crippen molar-refractivity contribution in [2.45, 2.75) is 33.1 Å². The summed E-state index contributed by atoms with van der Waals surface area (Å²) in [4.78, 5) is 17.2. The van der Waals surface area contributed by atoms with Gasteiger partial charge in [-0.1, -0.05) is 20.3 Å². The number of rotatable bonds is 8. The Balaban J connectivity index is 2.39. The van der Waals surface area contributed by atoms with Gasteiger partial charge in [-0.15, -0.1) is 11.3 Å². The van der Waals surface area contributed by atoms with Crippen LogP contribution in [0.5, 0.6) is 0 Å². The van der Waals surface area contributed by atoms with Gasteiger partial charge in [-0.05, 0) is 19.5 Å². The highest BCUT2D eigenvalue weighted by atomic mass is 32.1. The van der Waals surface area contributed by atoms with Crippen LogP contribution in [-0.2, 0) is 6.42 Å². The summed E-state index contributed by atoms with van der Waals surface area (Å²) >= 11 is 1.44. The van der Waals surface area contributed by atoms with Crippen LogP contribution < -0.4 is 0 Å². The molecule has 0 saturated heterocycles. The Morgan fingerprint density at radius 2 is 2.24 bits per heavy atom. The molecule has 0 atom stereocenters. The van der Waals surface area contributed by atoms with Crippen LogP contribution >= 0.6 is 11.3 Å². The molecule has 0 bridgehead atoms. The van der Waals surface area contributed by atoms with Gasteiger partial charge in [0.25, 0.3) is 0 Å². The second-order valence-electron chi connectivity index (χ2n) is 3.97. The van der Waals surface area contributed by atoms with Gasteiger partial charge >= 0.3 is 5.97 Å². The van der Waals surface area contributed by atoms with E-state index >= 15 is 0 Å². The first kappa shape index (κ1) is 14.1. The third kappa shape index (κ3) is 4.83. The molecule has 0 spiro atoms. The molecule has 0 amide bonds. The van der Waals surface area contributed by atoms with E-state index in [-0.39, 0.29) is 5.69 Å². The van der Waals surface area contributed by atoms with Crippen LogP contribution in [0.3, 0.4) is 0 Å². The fourth-order valence-corrected chi connectivity index (χ4v) is 2.35. The molecule has 1 heterocycles. The van der Waals surface area contributed by atoms with Gasteiger partial charge in [0.1, 0.15) is 0 Å². The molecule has 0 unspecified atom stereocenters. The maximum Gasteiger partial charge on any atom is 0.355 e. The molecule has 1 rings (SSSR count). The van der Waals surface area contributed by atoms with Crippen LogP contribution in [0.2, 0.25) is 0 Å². The SMILES string of the molecule is CCCCN(CC)CCc1nc(C(=O)O)cs1. The summed E-state index contributed by atoms with van der Waals surface area (Å²) < 4.78 is 0. The summed E-state index contributed by atoms with van der Waals surface area (Å²) in [7, 11) is 0. The average molecular weight is 256 g/mol. The zero-order valence-corrected chi connectivity index (χ0v) is 11.3. The molecule has 1 aromatic rings. The molecule has 96 valence electrons. The van der Waals surface area contributed by atoms with E-state index < -0.39 is 5.97 Å². The lowest BCUT2D eigenvalue weighted by Crippen LogP contribution is -2.26. The van der Waals surface area contributed by atoms with Crippen molar-refractivity contribution in [1.82, 2.24) is 9.88 Å². The number of hydrogen-bond acceptors (Lipinski definition) is 4. The number of nitrogens with zero attached hydrogens (tertiary/aromatic N) is 2. The number of thiazole rings is 1. The van der Waals surface area contributed by atoms with Gasteiger partial charge in [0.05, 0.1) is 5.01 Å². The number of carbonyl (C=O) groups is 1. The molecule has 1 N–H and O–H groups in total. The summed E-state index contributed by atoms with van der Waals surface area (Å²) in [5.41, 5.74) is 0.168. The van der Waals surface area contributed by atoms with Crippen molar-refractivity contribution in [2.24, 2.45) is 0 Å². The number of unbranched alkanes of at least 4 members (excludes halogenated alkanes) is 1. The Labute approximate surface area is 106 Å². The van der Waals surface area contributed by atoms with Crippen molar-refractivity contribution in [3.63, 3.8) is 0 Å². The highest BCUT2D eigenvalue weighted by Crippen LogP contribution is 2.11. The summed E-state index contributed by atoms with van der Waals surface area (Å²) in [5.74, 6) is -0.939. The minimum Gasteiger partial charge on any atom is -0.476 e. The molecule has 0 aromatic carbocycles. The first-order chi connectivity index (χ1) is 8.17. The smallest absolute Gasteiger partial charge is 0.355 e. The lowest BCUT2D eigenvalue weighted by molar-refractivity contribution is 0.0691. The maximum absolute atomic E-state index is 10.7. The lowest BCUT2D eigenvalue weighted by atomic mass is 10.3. The second kappa shape index (κ2) is 7.40. The minimum absolute atomic E-state index is 0.168. The van der Waals surface area contributed by atoms with Crippen molar-refractivity contribution < 1.29 is 9.90 Å². The van der Waals surface area contributed by atoms with E-state index in [0.29, 0.717) is 0 Å². The summed E-state index contributed by atoms with van der Waals surface area (Å²) in [5, 5.41) is 11.3. The van der Waals surface area contributed by atoms with E-state index in [1.807, 2.05) is 0 Å². The Kier molecular flexibility index (Phi) is 6.15. The molecule has 0 aliphatic rings. The van der Waals surface area contributed by atoms with Crippen molar-refractivity contribution in [2.75, 3.05) is 19.6 Å². The monoisotopic (exact) mass is 256 g/mol. The molecule has 4 nitrogen and oxygen atoms in total. The molecule has 17 heavy (non-hydrogen) atoms. The van der Waals surface area contributed by atoms with Crippen molar-refractivity contribution in [3.8, 4) is 0 Å². The van der Waals surface area contributed by atoms with Gasteiger partial charge in [0.15, 0.2) is 5.69 Å². The van der Waals surface area contributed by atoms with Gasteiger partial charge in [0.2, 0.25) is 0 Å². The fraction of sp³-hybridized carbons (Fsp3) is 0.667. The zero-order chi connectivity index (χ0) is 12.7. The number of aromatic carboxylic acids is 1. The third-order valence-corrected chi connectivity index (χ3v) is 3.60. The largest absolute Gasteiger partial charge is 0.476 e. The molecule has 1 aromatic heterocycles. The molecular weight excluding hydrogens is 236 g/mol. The Bertz CT molecular complexity index is 352. The molecule has 5 heteroatoms. The number of carboxylic acid groups (broad SMARTS) is 1. The summed E-state index contributed by atoms with van der Waals surface area (Å²) in [6.45, 7) is 7.46. The van der Waals surface area contributed by atoms with E-state index in [0.717, 1.165) is 31.1 Å². The Hall–Kier alpha value is -0.940. The molecule has 0 saturated carbocycles. The highest BCUT2D eigenvalue weighted by Gasteiger charge is 2.09. The van der Waals surface area contributed by atoms with Crippen molar-refractivity contribution in [1.29, 1.82) is 0 Å². The molecule has 0 aliphatic carbocycles. The van der Waals surface area contributed by atoms with Crippen LogP contribution in [-0.4, -0.2) is 40.6 Å². The second-order valence-corrected chi connectivity index (χ2v) is 4.91. The topological polar surface area (TPSA) is 53.4 Å². The standard InChI is InChI=1S/C12H20N2O2S/c1-3-5-7-14(4-2)8-6-11-13-10(9-17-11)12(15)16/h9H,3-8H2,1-2H3,(H,15,16). The van der Waals surface area contributed by atoms with Gasteiger partial charge < -0.3 is 10.0 Å². The van der Waals surface area contributed by atoms with Crippen LogP contribution in [0.15, 0.2) is 5.38 Å². The molecular formula is C12H20N2O2S. The van der Waals surface area contributed by atoms with Crippen LogP contribution in [0.25, 0.3) is 0 Å². The van der Waals surface area contributed by atoms with E-state index in [4.69, 9.17) is 5.11 Å². The number of carboxylic acids is 1. The molecule has 0 radical (unpaired) electrons. The van der Waals surface area contributed by atoms with Crippen molar-refractivity contribution >= 4 is 17.3 Å². The average Bonchev–Trinajstić information content (AvgIpc) is 2.78. The number of aromatic nitrogens is 1. The van der Waals surface area contributed by atoms with E-state index in [9.17, 15) is 4.79 Å². The Morgan fingerprint density at radius 3 is 2.76 bits per heavy atom. The van der Waals surface area contributed by atoms with E-state index in [1.165, 1.54) is 24.2 Å². The first-order valence-electron chi connectivity index (χ1n) is 6.07. The summed E-state index contributed by atoms with van der Waals surface area (Å²) in [6, 6.07) is 0. The highest BCUT2D eigenvalue weighted by molar-refractivity contribution is 7.09. The molecule has 0 fully saturated rings. The van der Waals surface area contributed by atoms with Crippen LogP contribution in [0, 0.1) is 0 Å². The van der Waals surface area contributed by atoms with Gasteiger partial charge in [-0.2, -0.15) is 0 Å². The lowest BCUT2D eigenvalue weighted by Gasteiger charge is -2.19. The van der Waals surface area contributed by atoms with Crippen LogP contribution in [0.1, 0.15) is 42.2 Å².